The quantitative estimate of drug-likeness (QED) is 0.596. The Kier molecular flexibility index (Phi) is 4.21. The van der Waals surface area contributed by atoms with E-state index in [9.17, 15) is 4.79 Å². The molecule has 5 heteroatoms. The van der Waals surface area contributed by atoms with Crippen LogP contribution in [0, 0.1) is 6.92 Å². The highest BCUT2D eigenvalue weighted by atomic mass is 16.7. The van der Waals surface area contributed by atoms with Crippen LogP contribution in [0.15, 0.2) is 66.4 Å². The van der Waals surface area contributed by atoms with Gasteiger partial charge in [0.05, 0.1) is 5.56 Å². The molecule has 0 unspecified atom stereocenters. The minimum absolute atomic E-state index is 0.134. The summed E-state index contributed by atoms with van der Waals surface area (Å²) < 4.78 is 22.5. The standard InChI is InChI=1S/C24H18O5/c1-15-9-18(26-13-16-5-3-2-4-6-16)12-21-23(15)24(25)22(29-21)11-17-7-8-19-20(10-17)28-14-27-19/h2-12H,13-14H2,1H3/b22-11-. The summed E-state index contributed by atoms with van der Waals surface area (Å²) in [5, 5.41) is 0. The number of Topliss-reactive ketones (excluding diaryl/α,β-unsaturated/α-hetero) is 1. The number of ketones is 1. The number of hydrogen-bond donors (Lipinski definition) is 0. The first kappa shape index (κ1) is 17.4. The first-order valence-corrected chi connectivity index (χ1v) is 9.33. The molecule has 0 aromatic heterocycles. The molecule has 29 heavy (non-hydrogen) atoms. The van der Waals surface area contributed by atoms with Gasteiger partial charge in [-0.15, -0.1) is 0 Å². The fourth-order valence-corrected chi connectivity index (χ4v) is 3.46. The van der Waals surface area contributed by atoms with Gasteiger partial charge in [-0.1, -0.05) is 36.4 Å². The summed E-state index contributed by atoms with van der Waals surface area (Å²) in [7, 11) is 0. The first-order chi connectivity index (χ1) is 14.2. The molecule has 5 rings (SSSR count). The van der Waals surface area contributed by atoms with Crippen molar-refractivity contribution in [2.45, 2.75) is 13.5 Å². The van der Waals surface area contributed by atoms with Crippen LogP contribution < -0.4 is 18.9 Å². The average Bonchev–Trinajstić information content (AvgIpc) is 3.31. The Morgan fingerprint density at radius 3 is 2.66 bits per heavy atom. The molecular weight excluding hydrogens is 368 g/mol. The molecule has 2 aliphatic heterocycles. The van der Waals surface area contributed by atoms with Gasteiger partial charge < -0.3 is 18.9 Å². The van der Waals surface area contributed by atoms with Gasteiger partial charge in [0, 0.05) is 6.07 Å². The summed E-state index contributed by atoms with van der Waals surface area (Å²) in [6, 6.07) is 19.1. The van der Waals surface area contributed by atoms with Gasteiger partial charge in [-0.2, -0.15) is 0 Å². The number of aryl methyl sites for hydroxylation is 1. The largest absolute Gasteiger partial charge is 0.489 e. The Morgan fingerprint density at radius 2 is 1.79 bits per heavy atom. The molecule has 3 aromatic rings. The molecule has 0 N–H and O–H groups in total. The summed E-state index contributed by atoms with van der Waals surface area (Å²) in [6.45, 7) is 2.55. The van der Waals surface area contributed by atoms with Gasteiger partial charge in [-0.3, -0.25) is 4.79 Å². The SMILES string of the molecule is Cc1cc(OCc2ccccc2)cc2c1C(=O)/C(=C/c1ccc3c(c1)OCO3)O2. The number of fused-ring (bicyclic) bond motifs is 2. The summed E-state index contributed by atoms with van der Waals surface area (Å²) in [5.41, 5.74) is 3.28. The van der Waals surface area contributed by atoms with Gasteiger partial charge in [0.15, 0.2) is 17.3 Å². The van der Waals surface area contributed by atoms with Crippen molar-refractivity contribution in [3.63, 3.8) is 0 Å². The highest BCUT2D eigenvalue weighted by Crippen LogP contribution is 2.39. The van der Waals surface area contributed by atoms with Crippen LogP contribution in [-0.2, 0) is 6.61 Å². The van der Waals surface area contributed by atoms with E-state index >= 15 is 0 Å². The maximum absolute atomic E-state index is 12.9. The van der Waals surface area contributed by atoms with Crippen molar-refractivity contribution >= 4 is 11.9 Å². The molecule has 0 aliphatic carbocycles. The number of hydrogen-bond acceptors (Lipinski definition) is 5. The molecule has 5 nitrogen and oxygen atoms in total. The minimum Gasteiger partial charge on any atom is -0.489 e. The van der Waals surface area contributed by atoms with Gasteiger partial charge in [0.1, 0.15) is 18.1 Å². The van der Waals surface area contributed by atoms with E-state index in [1.165, 1.54) is 0 Å². The topological polar surface area (TPSA) is 54.0 Å². The fourth-order valence-electron chi connectivity index (χ4n) is 3.46. The molecule has 0 radical (unpaired) electrons. The number of carbonyl (C=O) groups excluding carboxylic acids is 1. The zero-order valence-electron chi connectivity index (χ0n) is 15.8. The van der Waals surface area contributed by atoms with E-state index in [1.807, 2.05) is 61.5 Å². The van der Waals surface area contributed by atoms with Crippen LogP contribution in [0.25, 0.3) is 6.08 Å². The molecule has 0 saturated heterocycles. The zero-order valence-corrected chi connectivity index (χ0v) is 15.8. The molecule has 0 saturated carbocycles. The number of carbonyl (C=O) groups is 1. The van der Waals surface area contributed by atoms with Crippen LogP contribution in [-0.4, -0.2) is 12.6 Å². The van der Waals surface area contributed by atoms with Crippen LogP contribution in [0.2, 0.25) is 0 Å². The lowest BCUT2D eigenvalue weighted by molar-refractivity contribution is 0.101. The smallest absolute Gasteiger partial charge is 0.232 e. The van der Waals surface area contributed by atoms with Crippen molar-refractivity contribution in [3.8, 4) is 23.0 Å². The normalized spacial score (nSPS) is 15.3. The van der Waals surface area contributed by atoms with E-state index < -0.39 is 0 Å². The van der Waals surface area contributed by atoms with Crippen LogP contribution >= 0.6 is 0 Å². The lowest BCUT2D eigenvalue weighted by atomic mass is 10.0. The van der Waals surface area contributed by atoms with Gasteiger partial charge in [0.2, 0.25) is 12.6 Å². The van der Waals surface area contributed by atoms with Crippen LogP contribution in [0.1, 0.15) is 27.0 Å². The Bertz CT molecular complexity index is 1130. The molecule has 2 aliphatic rings. The molecule has 0 bridgehead atoms. The van der Waals surface area contributed by atoms with E-state index in [-0.39, 0.29) is 18.3 Å². The Morgan fingerprint density at radius 1 is 0.966 bits per heavy atom. The Balaban J connectivity index is 1.39. The Hall–Kier alpha value is -3.73. The van der Waals surface area contributed by atoms with Gasteiger partial charge in [-0.25, -0.2) is 0 Å². The summed E-state index contributed by atoms with van der Waals surface area (Å²) in [4.78, 5) is 12.9. The predicted molar refractivity (Wildman–Crippen MR) is 107 cm³/mol. The van der Waals surface area contributed by atoms with E-state index in [0.717, 1.165) is 16.7 Å². The molecule has 0 spiro atoms. The van der Waals surface area contributed by atoms with Gasteiger partial charge >= 0.3 is 0 Å². The molecule has 2 heterocycles. The molecule has 0 amide bonds. The molecule has 3 aromatic carbocycles. The number of rotatable bonds is 4. The second-order valence-electron chi connectivity index (χ2n) is 6.94. The van der Waals surface area contributed by atoms with E-state index in [0.29, 0.717) is 35.2 Å². The minimum atomic E-state index is -0.134. The van der Waals surface area contributed by atoms with Crippen molar-refractivity contribution in [2.75, 3.05) is 6.79 Å². The summed E-state index contributed by atoms with van der Waals surface area (Å²) >= 11 is 0. The highest BCUT2D eigenvalue weighted by Gasteiger charge is 2.30. The maximum atomic E-state index is 12.9. The molecular formula is C24H18O5. The second kappa shape index (κ2) is 7.02. The molecule has 144 valence electrons. The average molecular weight is 386 g/mol. The van der Waals surface area contributed by atoms with E-state index in [4.69, 9.17) is 18.9 Å². The molecule has 0 fully saturated rings. The van der Waals surface area contributed by atoms with Gasteiger partial charge in [0.25, 0.3) is 0 Å². The lowest BCUT2D eigenvalue weighted by Crippen LogP contribution is -2.00. The number of benzene rings is 3. The van der Waals surface area contributed by atoms with E-state index in [1.54, 1.807) is 12.1 Å². The maximum Gasteiger partial charge on any atom is 0.232 e. The second-order valence-corrected chi connectivity index (χ2v) is 6.94. The lowest BCUT2D eigenvalue weighted by Gasteiger charge is -2.09. The third-order valence-electron chi connectivity index (χ3n) is 4.89. The first-order valence-electron chi connectivity index (χ1n) is 9.33. The zero-order chi connectivity index (χ0) is 19.8. The van der Waals surface area contributed by atoms with Crippen LogP contribution in [0.5, 0.6) is 23.0 Å². The van der Waals surface area contributed by atoms with Crippen LogP contribution in [0.3, 0.4) is 0 Å². The Labute approximate surface area is 168 Å². The highest BCUT2D eigenvalue weighted by molar-refractivity contribution is 6.15. The summed E-state index contributed by atoms with van der Waals surface area (Å²) in [6.07, 6.45) is 1.72. The predicted octanol–water partition coefficient (Wildman–Crippen LogP) is 4.92. The van der Waals surface area contributed by atoms with Crippen molar-refractivity contribution in [3.05, 3.63) is 88.7 Å². The monoisotopic (exact) mass is 386 g/mol. The molecule has 0 atom stereocenters. The number of allylic oxidation sites excluding steroid dienone is 1. The van der Waals surface area contributed by atoms with E-state index in [2.05, 4.69) is 0 Å². The van der Waals surface area contributed by atoms with Crippen molar-refractivity contribution < 1.29 is 23.7 Å². The van der Waals surface area contributed by atoms with Gasteiger partial charge in [-0.05, 0) is 47.9 Å². The third-order valence-corrected chi connectivity index (χ3v) is 4.89. The fraction of sp³-hybridized carbons (Fsp3) is 0.125. The van der Waals surface area contributed by atoms with Crippen molar-refractivity contribution in [1.29, 1.82) is 0 Å². The summed E-state index contributed by atoms with van der Waals surface area (Å²) in [5.74, 6) is 2.69. The van der Waals surface area contributed by atoms with Crippen LogP contribution in [0.4, 0.5) is 0 Å². The van der Waals surface area contributed by atoms with Crippen molar-refractivity contribution in [1.82, 2.24) is 0 Å². The van der Waals surface area contributed by atoms with Crippen molar-refractivity contribution in [2.24, 2.45) is 0 Å². The third kappa shape index (κ3) is 3.31. The number of ether oxygens (including phenoxy) is 4.